The van der Waals surface area contributed by atoms with Gasteiger partial charge < -0.3 is 9.64 Å². The third-order valence-corrected chi connectivity index (χ3v) is 7.87. The first kappa shape index (κ1) is 18.9. The predicted octanol–water partition coefficient (Wildman–Crippen LogP) is 3.20. The van der Waals surface area contributed by atoms with E-state index in [-0.39, 0.29) is 30.3 Å². The summed E-state index contributed by atoms with van der Waals surface area (Å²) >= 11 is 0. The normalized spacial score (nSPS) is 24.2. The first-order valence-corrected chi connectivity index (χ1v) is 11.0. The lowest BCUT2D eigenvalue weighted by molar-refractivity contribution is -0.137. The summed E-state index contributed by atoms with van der Waals surface area (Å²) in [5.74, 6) is -0.679. The molecule has 2 aliphatic rings. The number of amides is 1. The minimum Gasteiger partial charge on any atom is -0.481 e. The number of hydrogen-bond donors (Lipinski definition) is 0. The number of fused-ring (bicyclic) bond motifs is 2. The Balaban J connectivity index is 1.44. The number of piperidine rings is 1. The number of hydrogen-bond acceptors (Lipinski definition) is 4. The van der Waals surface area contributed by atoms with Crippen LogP contribution >= 0.6 is 0 Å². The van der Waals surface area contributed by atoms with Crippen LogP contribution in [0.5, 0.6) is 5.75 Å². The van der Waals surface area contributed by atoms with Gasteiger partial charge in [-0.3, -0.25) is 4.79 Å². The molecule has 28 heavy (non-hydrogen) atoms. The summed E-state index contributed by atoms with van der Waals surface area (Å²) in [6.45, 7) is -0.246. The number of rotatable bonds is 5. The van der Waals surface area contributed by atoms with Crippen molar-refractivity contribution in [3.63, 3.8) is 0 Å². The third-order valence-electron chi connectivity index (χ3n) is 5.68. The number of ether oxygens (including phenoxy) is 1. The van der Waals surface area contributed by atoms with Crippen LogP contribution in [0.15, 0.2) is 59.5 Å². The molecular weight excluding hydrogens is 381 g/mol. The Morgan fingerprint density at radius 2 is 1.61 bits per heavy atom. The van der Waals surface area contributed by atoms with Crippen molar-refractivity contribution in [3.05, 3.63) is 60.4 Å². The number of nitrogens with zero attached hydrogens (tertiary/aromatic N) is 1. The molecule has 7 heteroatoms. The highest BCUT2D eigenvalue weighted by atomic mass is 32.2. The third kappa shape index (κ3) is 3.51. The zero-order valence-corrected chi connectivity index (χ0v) is 16.1. The van der Waals surface area contributed by atoms with Gasteiger partial charge in [-0.1, -0.05) is 30.3 Å². The molecule has 2 heterocycles. The quantitative estimate of drug-likeness (QED) is 0.769. The summed E-state index contributed by atoms with van der Waals surface area (Å²) < 4.78 is 45.0. The fourth-order valence-corrected chi connectivity index (χ4v) is 6.24. The zero-order chi connectivity index (χ0) is 19.7. The molecule has 2 atom stereocenters. The summed E-state index contributed by atoms with van der Waals surface area (Å²) in [4.78, 5) is 14.8. The Kier molecular flexibility index (Phi) is 5.10. The molecule has 2 aliphatic heterocycles. The van der Waals surface area contributed by atoms with Gasteiger partial charge >= 0.3 is 0 Å². The minimum absolute atomic E-state index is 0.0461. The molecular formula is C21H22FNO4S. The van der Waals surface area contributed by atoms with E-state index in [2.05, 4.69) is 0 Å². The van der Waals surface area contributed by atoms with Gasteiger partial charge in [0.25, 0.3) is 5.91 Å². The van der Waals surface area contributed by atoms with Gasteiger partial charge in [-0.2, -0.15) is 0 Å². The molecule has 2 bridgehead atoms. The first-order valence-electron chi connectivity index (χ1n) is 9.44. The Bertz CT molecular complexity index is 949. The monoisotopic (exact) mass is 403 g/mol. The van der Waals surface area contributed by atoms with Gasteiger partial charge in [0.1, 0.15) is 0 Å². The van der Waals surface area contributed by atoms with Crippen LogP contribution in [0.2, 0.25) is 0 Å². The van der Waals surface area contributed by atoms with Crippen LogP contribution in [0.25, 0.3) is 0 Å². The van der Waals surface area contributed by atoms with E-state index in [1.807, 2.05) is 0 Å². The van der Waals surface area contributed by atoms with Crippen molar-refractivity contribution in [1.29, 1.82) is 0 Å². The van der Waals surface area contributed by atoms with E-state index in [1.165, 1.54) is 12.1 Å². The van der Waals surface area contributed by atoms with Crippen LogP contribution in [0.3, 0.4) is 0 Å². The Hall–Kier alpha value is -2.41. The highest BCUT2D eigenvalue weighted by Gasteiger charge is 2.47. The van der Waals surface area contributed by atoms with Crippen LogP contribution < -0.4 is 4.74 Å². The summed E-state index contributed by atoms with van der Waals surface area (Å²) in [5, 5.41) is -0.482. The van der Waals surface area contributed by atoms with Crippen molar-refractivity contribution in [3.8, 4) is 5.75 Å². The van der Waals surface area contributed by atoms with Gasteiger partial charge in [-0.15, -0.1) is 0 Å². The lowest BCUT2D eigenvalue weighted by Gasteiger charge is -2.38. The van der Waals surface area contributed by atoms with Gasteiger partial charge in [-0.05, 0) is 49.9 Å². The molecule has 2 saturated heterocycles. The Morgan fingerprint density at radius 1 is 1.00 bits per heavy atom. The minimum atomic E-state index is -3.42. The maximum atomic E-state index is 13.7. The van der Waals surface area contributed by atoms with Crippen molar-refractivity contribution < 1.29 is 22.3 Å². The molecule has 2 aromatic rings. The molecule has 2 aromatic carbocycles. The van der Waals surface area contributed by atoms with Gasteiger partial charge in [0.2, 0.25) is 0 Å². The SMILES string of the molecule is O=C(COc1ccccc1F)N1[C@@H]2CC[C@@H]1CC(S(=O)(=O)c1ccccc1)C2. The molecule has 0 spiro atoms. The highest BCUT2D eigenvalue weighted by molar-refractivity contribution is 7.92. The molecule has 0 aromatic heterocycles. The molecule has 2 fully saturated rings. The summed E-state index contributed by atoms with van der Waals surface area (Å²) in [5.41, 5.74) is 0. The number of benzene rings is 2. The predicted molar refractivity (Wildman–Crippen MR) is 102 cm³/mol. The van der Waals surface area contributed by atoms with Crippen LogP contribution in [0.1, 0.15) is 25.7 Å². The van der Waals surface area contributed by atoms with Gasteiger partial charge in [0, 0.05) is 12.1 Å². The molecule has 0 N–H and O–H groups in total. The zero-order valence-electron chi connectivity index (χ0n) is 15.3. The van der Waals surface area contributed by atoms with Crippen LogP contribution in [-0.2, 0) is 14.6 Å². The fourth-order valence-electron chi connectivity index (χ4n) is 4.37. The van der Waals surface area contributed by atoms with Crippen LogP contribution in [0.4, 0.5) is 4.39 Å². The Morgan fingerprint density at radius 3 is 2.25 bits per heavy atom. The summed E-state index contributed by atoms with van der Waals surface area (Å²) in [6, 6.07) is 14.2. The van der Waals surface area contributed by atoms with Crippen LogP contribution in [-0.4, -0.2) is 43.2 Å². The van der Waals surface area contributed by atoms with Crippen molar-refractivity contribution in [2.45, 2.75) is 47.9 Å². The van der Waals surface area contributed by atoms with Crippen molar-refractivity contribution in [1.82, 2.24) is 4.90 Å². The molecule has 0 unspecified atom stereocenters. The average molecular weight is 403 g/mol. The molecule has 0 aliphatic carbocycles. The van der Waals surface area contributed by atoms with E-state index in [9.17, 15) is 17.6 Å². The van der Waals surface area contributed by atoms with Crippen LogP contribution in [0, 0.1) is 5.82 Å². The van der Waals surface area contributed by atoms with Gasteiger partial charge in [-0.25, -0.2) is 12.8 Å². The first-order chi connectivity index (χ1) is 13.5. The van der Waals surface area contributed by atoms with Crippen molar-refractivity contribution in [2.75, 3.05) is 6.61 Å². The van der Waals surface area contributed by atoms with Crippen molar-refractivity contribution >= 4 is 15.7 Å². The maximum absolute atomic E-state index is 13.7. The summed E-state index contributed by atoms with van der Waals surface area (Å²) in [7, 11) is -3.42. The van der Waals surface area contributed by atoms with E-state index < -0.39 is 20.9 Å². The lowest BCUT2D eigenvalue weighted by atomic mass is 10.0. The molecule has 0 radical (unpaired) electrons. The topological polar surface area (TPSA) is 63.7 Å². The Labute approximate surface area is 164 Å². The van der Waals surface area contributed by atoms with E-state index in [4.69, 9.17) is 4.74 Å². The van der Waals surface area contributed by atoms with Gasteiger partial charge in [0.15, 0.2) is 28.0 Å². The van der Waals surface area contributed by atoms with Crippen molar-refractivity contribution in [2.24, 2.45) is 0 Å². The number of carbonyl (C=O) groups is 1. The number of para-hydroxylation sites is 1. The number of halogens is 1. The molecule has 148 valence electrons. The van der Waals surface area contributed by atoms with E-state index >= 15 is 0 Å². The molecule has 0 saturated carbocycles. The largest absolute Gasteiger partial charge is 0.481 e. The second-order valence-electron chi connectivity index (χ2n) is 7.36. The van der Waals surface area contributed by atoms with E-state index in [0.29, 0.717) is 17.7 Å². The number of carbonyl (C=O) groups excluding carboxylic acids is 1. The fraction of sp³-hybridized carbons (Fsp3) is 0.381. The smallest absolute Gasteiger partial charge is 0.261 e. The molecule has 5 nitrogen and oxygen atoms in total. The second-order valence-corrected chi connectivity index (χ2v) is 9.58. The number of sulfone groups is 1. The lowest BCUT2D eigenvalue weighted by Crippen LogP contribution is -2.51. The average Bonchev–Trinajstić information content (AvgIpc) is 2.97. The molecule has 1 amide bonds. The molecule has 4 rings (SSSR count). The van der Waals surface area contributed by atoms with E-state index in [0.717, 1.165) is 12.8 Å². The van der Waals surface area contributed by atoms with Gasteiger partial charge in [0.05, 0.1) is 10.1 Å². The summed E-state index contributed by atoms with van der Waals surface area (Å²) in [6.07, 6.45) is 2.44. The standard InChI is InChI=1S/C21H22FNO4S/c22-19-8-4-5-9-20(19)27-14-21(24)23-15-10-11-16(23)13-18(12-15)28(25,26)17-6-2-1-3-7-17/h1-9,15-16,18H,10-14H2/t15-,16-/m1/s1. The van der Waals surface area contributed by atoms with E-state index in [1.54, 1.807) is 47.4 Å². The second kappa shape index (κ2) is 7.54. The maximum Gasteiger partial charge on any atom is 0.261 e. The highest BCUT2D eigenvalue weighted by Crippen LogP contribution is 2.39.